The number of primary amides is 1. The summed E-state index contributed by atoms with van der Waals surface area (Å²) >= 11 is 5.76. The summed E-state index contributed by atoms with van der Waals surface area (Å²) < 4.78 is 0. The van der Waals surface area contributed by atoms with Gasteiger partial charge in [-0.05, 0) is 42.0 Å². The van der Waals surface area contributed by atoms with Crippen molar-refractivity contribution < 1.29 is 9.59 Å². The number of halogens is 1. The first-order chi connectivity index (χ1) is 9.56. The molecule has 5 heteroatoms. The highest BCUT2D eigenvalue weighted by Crippen LogP contribution is 2.10. The van der Waals surface area contributed by atoms with E-state index >= 15 is 0 Å². The van der Waals surface area contributed by atoms with E-state index in [4.69, 9.17) is 17.3 Å². The van der Waals surface area contributed by atoms with Gasteiger partial charge in [-0.3, -0.25) is 9.59 Å². The second kappa shape index (κ2) is 6.21. The lowest BCUT2D eigenvalue weighted by Crippen LogP contribution is -2.22. The van der Waals surface area contributed by atoms with Gasteiger partial charge in [0.15, 0.2) is 0 Å². The number of carbonyl (C=O) groups excluding carboxylic acids is 2. The summed E-state index contributed by atoms with van der Waals surface area (Å²) in [7, 11) is 0. The maximum absolute atomic E-state index is 11.9. The van der Waals surface area contributed by atoms with Crippen LogP contribution in [0.2, 0.25) is 5.02 Å². The molecule has 0 heterocycles. The first kappa shape index (κ1) is 14.1. The molecule has 0 fully saturated rings. The summed E-state index contributed by atoms with van der Waals surface area (Å²) in [6.45, 7) is 0.375. The highest BCUT2D eigenvalue weighted by molar-refractivity contribution is 6.30. The quantitative estimate of drug-likeness (QED) is 0.906. The number of amides is 2. The molecule has 2 rings (SSSR count). The van der Waals surface area contributed by atoms with E-state index in [0.29, 0.717) is 22.7 Å². The van der Waals surface area contributed by atoms with Crippen LogP contribution in [0.1, 0.15) is 26.3 Å². The summed E-state index contributed by atoms with van der Waals surface area (Å²) in [5.74, 6) is -0.651. The molecule has 0 radical (unpaired) electrons. The van der Waals surface area contributed by atoms with Crippen molar-refractivity contribution >= 4 is 23.4 Å². The van der Waals surface area contributed by atoms with Gasteiger partial charge < -0.3 is 11.1 Å². The minimum absolute atomic E-state index is 0.180. The molecule has 102 valence electrons. The van der Waals surface area contributed by atoms with E-state index in [2.05, 4.69) is 5.32 Å². The van der Waals surface area contributed by atoms with Gasteiger partial charge in [-0.2, -0.15) is 0 Å². The average molecular weight is 289 g/mol. The van der Waals surface area contributed by atoms with Crippen molar-refractivity contribution in [3.05, 3.63) is 70.2 Å². The SMILES string of the molecule is NC(=O)c1ccc(CNC(=O)c2ccc(Cl)cc2)cc1. The van der Waals surface area contributed by atoms with Crippen LogP contribution in [0.25, 0.3) is 0 Å². The van der Waals surface area contributed by atoms with Crippen molar-refractivity contribution in [3.63, 3.8) is 0 Å². The lowest BCUT2D eigenvalue weighted by Gasteiger charge is -2.06. The van der Waals surface area contributed by atoms with Crippen LogP contribution in [0.3, 0.4) is 0 Å². The van der Waals surface area contributed by atoms with E-state index < -0.39 is 5.91 Å². The Morgan fingerprint density at radius 2 is 1.50 bits per heavy atom. The predicted molar refractivity (Wildman–Crippen MR) is 77.6 cm³/mol. The molecular weight excluding hydrogens is 276 g/mol. The molecule has 2 aromatic carbocycles. The zero-order chi connectivity index (χ0) is 14.5. The number of hydrogen-bond donors (Lipinski definition) is 2. The summed E-state index contributed by atoms with van der Waals surface area (Å²) in [4.78, 5) is 22.8. The van der Waals surface area contributed by atoms with Crippen LogP contribution in [0.5, 0.6) is 0 Å². The molecule has 0 aromatic heterocycles. The lowest BCUT2D eigenvalue weighted by atomic mass is 10.1. The van der Waals surface area contributed by atoms with E-state index in [1.807, 2.05) is 0 Å². The normalized spacial score (nSPS) is 10.1. The molecule has 0 aliphatic heterocycles. The van der Waals surface area contributed by atoms with Gasteiger partial charge in [0, 0.05) is 22.7 Å². The third-order valence-corrected chi connectivity index (χ3v) is 3.05. The maximum atomic E-state index is 11.9. The van der Waals surface area contributed by atoms with Gasteiger partial charge in [0.1, 0.15) is 0 Å². The minimum atomic E-state index is -0.471. The molecule has 0 atom stereocenters. The molecule has 0 saturated carbocycles. The Bertz CT molecular complexity index is 621. The topological polar surface area (TPSA) is 72.2 Å². The Labute approximate surface area is 121 Å². The third-order valence-electron chi connectivity index (χ3n) is 2.80. The summed E-state index contributed by atoms with van der Waals surface area (Å²) in [6, 6.07) is 13.4. The zero-order valence-electron chi connectivity index (χ0n) is 10.6. The largest absolute Gasteiger partial charge is 0.366 e. The number of carbonyl (C=O) groups is 2. The molecule has 0 bridgehead atoms. The molecule has 0 unspecified atom stereocenters. The van der Waals surface area contributed by atoms with Crippen molar-refractivity contribution in [2.75, 3.05) is 0 Å². The lowest BCUT2D eigenvalue weighted by molar-refractivity contribution is 0.0949. The summed E-state index contributed by atoms with van der Waals surface area (Å²) in [5.41, 5.74) is 7.03. The molecule has 0 spiro atoms. The standard InChI is InChI=1S/C15H13ClN2O2/c16-13-7-5-12(6-8-13)15(20)18-9-10-1-3-11(4-2-10)14(17)19/h1-8H,9H2,(H2,17,19)(H,18,20). The average Bonchev–Trinajstić information content (AvgIpc) is 2.46. The fourth-order valence-corrected chi connectivity index (χ4v) is 1.80. The van der Waals surface area contributed by atoms with Crippen LogP contribution in [-0.2, 0) is 6.54 Å². The van der Waals surface area contributed by atoms with Crippen molar-refractivity contribution in [1.82, 2.24) is 5.32 Å². The van der Waals surface area contributed by atoms with Crippen molar-refractivity contribution in [2.45, 2.75) is 6.54 Å². The highest BCUT2D eigenvalue weighted by Gasteiger charge is 2.05. The molecule has 4 nitrogen and oxygen atoms in total. The molecule has 20 heavy (non-hydrogen) atoms. The van der Waals surface area contributed by atoms with Crippen LogP contribution in [0.4, 0.5) is 0 Å². The van der Waals surface area contributed by atoms with E-state index in [-0.39, 0.29) is 5.91 Å². The van der Waals surface area contributed by atoms with E-state index in [0.717, 1.165) is 5.56 Å². The van der Waals surface area contributed by atoms with Crippen LogP contribution >= 0.6 is 11.6 Å². The van der Waals surface area contributed by atoms with Crippen LogP contribution in [0.15, 0.2) is 48.5 Å². The molecule has 0 aliphatic rings. The maximum Gasteiger partial charge on any atom is 0.251 e. The highest BCUT2D eigenvalue weighted by atomic mass is 35.5. The Morgan fingerprint density at radius 1 is 0.950 bits per heavy atom. The van der Waals surface area contributed by atoms with Gasteiger partial charge in [0.2, 0.25) is 5.91 Å². The van der Waals surface area contributed by atoms with Gasteiger partial charge in [-0.25, -0.2) is 0 Å². The van der Waals surface area contributed by atoms with Gasteiger partial charge in [-0.15, -0.1) is 0 Å². The Balaban J connectivity index is 1.96. The molecule has 2 amide bonds. The van der Waals surface area contributed by atoms with Crippen LogP contribution in [-0.4, -0.2) is 11.8 Å². The summed E-state index contributed by atoms with van der Waals surface area (Å²) in [6.07, 6.45) is 0. The van der Waals surface area contributed by atoms with E-state index in [1.54, 1.807) is 48.5 Å². The first-order valence-corrected chi connectivity index (χ1v) is 6.36. The summed E-state index contributed by atoms with van der Waals surface area (Å²) in [5, 5.41) is 3.37. The fourth-order valence-electron chi connectivity index (χ4n) is 1.67. The van der Waals surface area contributed by atoms with Crippen molar-refractivity contribution in [3.8, 4) is 0 Å². The van der Waals surface area contributed by atoms with Crippen LogP contribution < -0.4 is 11.1 Å². The smallest absolute Gasteiger partial charge is 0.251 e. The molecule has 3 N–H and O–H groups in total. The second-order valence-electron chi connectivity index (χ2n) is 4.25. The van der Waals surface area contributed by atoms with Crippen molar-refractivity contribution in [1.29, 1.82) is 0 Å². The third kappa shape index (κ3) is 3.59. The van der Waals surface area contributed by atoms with E-state index in [9.17, 15) is 9.59 Å². The fraction of sp³-hybridized carbons (Fsp3) is 0.0667. The second-order valence-corrected chi connectivity index (χ2v) is 4.69. The molecule has 2 aromatic rings. The van der Waals surface area contributed by atoms with Gasteiger partial charge in [0.05, 0.1) is 0 Å². The Morgan fingerprint density at radius 3 is 2.05 bits per heavy atom. The van der Waals surface area contributed by atoms with Gasteiger partial charge >= 0.3 is 0 Å². The van der Waals surface area contributed by atoms with Crippen LogP contribution in [0, 0.1) is 0 Å². The first-order valence-electron chi connectivity index (χ1n) is 5.99. The number of hydrogen-bond acceptors (Lipinski definition) is 2. The number of rotatable bonds is 4. The van der Waals surface area contributed by atoms with Gasteiger partial charge in [-0.1, -0.05) is 23.7 Å². The molecular formula is C15H13ClN2O2. The van der Waals surface area contributed by atoms with E-state index in [1.165, 1.54) is 0 Å². The minimum Gasteiger partial charge on any atom is -0.366 e. The Hall–Kier alpha value is -2.33. The monoisotopic (exact) mass is 288 g/mol. The number of nitrogens with one attached hydrogen (secondary N) is 1. The predicted octanol–water partition coefficient (Wildman–Crippen LogP) is 2.37. The Kier molecular flexibility index (Phi) is 4.38. The molecule has 0 saturated heterocycles. The van der Waals surface area contributed by atoms with Gasteiger partial charge in [0.25, 0.3) is 5.91 Å². The zero-order valence-corrected chi connectivity index (χ0v) is 11.4. The van der Waals surface area contributed by atoms with Crippen molar-refractivity contribution in [2.24, 2.45) is 5.73 Å². The molecule has 0 aliphatic carbocycles. The number of nitrogens with two attached hydrogens (primary N) is 1. The number of benzene rings is 2.